The molecule has 1 aromatic rings. The van der Waals surface area contributed by atoms with Gasteiger partial charge in [0.1, 0.15) is 17.3 Å². The molecule has 1 aromatic heterocycles. The largest absolute Gasteiger partial charge is 0.311 e. The number of nitrogens with one attached hydrogen (secondary N) is 1. The third-order valence-corrected chi connectivity index (χ3v) is 1.43. The molecule has 0 bridgehead atoms. The number of nitrogens with zero attached hydrogens (tertiary/aromatic N) is 2. The summed E-state index contributed by atoms with van der Waals surface area (Å²) in [6.45, 7) is 1.76. The molecule has 0 aliphatic rings. The minimum absolute atomic E-state index is 0.0928. The molecule has 5 heteroatoms. The number of aromatic nitrogens is 2. The van der Waals surface area contributed by atoms with Gasteiger partial charge in [-0.05, 0) is 0 Å². The van der Waals surface area contributed by atoms with Crippen molar-refractivity contribution in [2.75, 3.05) is 5.32 Å². The Labute approximate surface area is 75.0 Å². The van der Waals surface area contributed by atoms with Gasteiger partial charge in [-0.25, -0.2) is 9.97 Å². The number of hydrogen-bond acceptors (Lipinski definition) is 3. The second-order valence-electron chi connectivity index (χ2n) is 2.13. The zero-order valence-electron chi connectivity index (χ0n) is 6.54. The van der Waals surface area contributed by atoms with Crippen molar-refractivity contribution in [2.45, 2.75) is 13.3 Å². The van der Waals surface area contributed by atoms with Crippen molar-refractivity contribution in [3.05, 3.63) is 17.5 Å². The van der Waals surface area contributed by atoms with Crippen LogP contribution >= 0.6 is 11.6 Å². The Morgan fingerprint density at radius 1 is 1.67 bits per heavy atom. The molecule has 0 aliphatic carbocycles. The first-order chi connectivity index (χ1) is 5.72. The van der Waals surface area contributed by atoms with Gasteiger partial charge in [-0.2, -0.15) is 0 Å². The van der Waals surface area contributed by atoms with Gasteiger partial charge in [0, 0.05) is 12.5 Å². The van der Waals surface area contributed by atoms with Crippen LogP contribution in [-0.4, -0.2) is 15.9 Å². The lowest BCUT2D eigenvalue weighted by Gasteiger charge is -2.00. The molecule has 1 rings (SSSR count). The van der Waals surface area contributed by atoms with Gasteiger partial charge in [-0.1, -0.05) is 18.5 Å². The minimum atomic E-state index is -0.0928. The number of halogens is 1. The highest BCUT2D eigenvalue weighted by Crippen LogP contribution is 2.08. The topological polar surface area (TPSA) is 54.9 Å². The van der Waals surface area contributed by atoms with E-state index in [2.05, 4.69) is 15.3 Å². The smallest absolute Gasteiger partial charge is 0.225 e. The van der Waals surface area contributed by atoms with E-state index in [1.807, 2.05) is 0 Å². The van der Waals surface area contributed by atoms with E-state index in [1.165, 1.54) is 12.4 Å². The van der Waals surface area contributed by atoms with Crippen LogP contribution in [0.3, 0.4) is 0 Å². The molecule has 12 heavy (non-hydrogen) atoms. The summed E-state index contributed by atoms with van der Waals surface area (Å²) in [7, 11) is 0. The molecule has 0 atom stereocenters. The van der Waals surface area contributed by atoms with Gasteiger partial charge in [-0.3, -0.25) is 4.79 Å². The second kappa shape index (κ2) is 4.01. The zero-order chi connectivity index (χ0) is 8.97. The maximum atomic E-state index is 10.9. The average molecular weight is 186 g/mol. The molecule has 4 nitrogen and oxygen atoms in total. The molecular formula is C7H8ClN3O. The average Bonchev–Trinajstić information content (AvgIpc) is 2.04. The van der Waals surface area contributed by atoms with Gasteiger partial charge in [0.2, 0.25) is 5.91 Å². The molecule has 64 valence electrons. The van der Waals surface area contributed by atoms with Gasteiger partial charge in [0.25, 0.3) is 0 Å². The summed E-state index contributed by atoms with van der Waals surface area (Å²) in [6, 6.07) is 1.50. The Hall–Kier alpha value is -1.16. The van der Waals surface area contributed by atoms with E-state index in [9.17, 15) is 4.79 Å². The lowest BCUT2D eigenvalue weighted by Crippen LogP contribution is -2.10. The van der Waals surface area contributed by atoms with Crippen molar-refractivity contribution in [3.8, 4) is 0 Å². The van der Waals surface area contributed by atoms with Crippen LogP contribution in [0.15, 0.2) is 12.4 Å². The number of amides is 1. The van der Waals surface area contributed by atoms with Crippen LogP contribution in [0, 0.1) is 0 Å². The molecule has 0 aliphatic heterocycles. The van der Waals surface area contributed by atoms with Crippen LogP contribution in [0.25, 0.3) is 0 Å². The first-order valence-corrected chi connectivity index (χ1v) is 3.87. The SMILES string of the molecule is CCC(=O)Nc1cc(Cl)ncn1. The number of rotatable bonds is 2. The van der Waals surface area contributed by atoms with E-state index in [1.54, 1.807) is 6.92 Å². The van der Waals surface area contributed by atoms with E-state index >= 15 is 0 Å². The Bertz CT molecular complexity index is 290. The molecule has 1 amide bonds. The lowest BCUT2D eigenvalue weighted by molar-refractivity contribution is -0.115. The molecule has 0 radical (unpaired) electrons. The van der Waals surface area contributed by atoms with Crippen molar-refractivity contribution in [2.24, 2.45) is 0 Å². The number of hydrogen-bond donors (Lipinski definition) is 1. The maximum absolute atomic E-state index is 10.9. The summed E-state index contributed by atoms with van der Waals surface area (Å²) in [5.74, 6) is 0.339. The molecule has 1 heterocycles. The van der Waals surface area contributed by atoms with E-state index in [0.29, 0.717) is 17.4 Å². The summed E-state index contributed by atoms with van der Waals surface area (Å²) in [5, 5.41) is 2.87. The summed E-state index contributed by atoms with van der Waals surface area (Å²) in [5.41, 5.74) is 0. The van der Waals surface area contributed by atoms with Gasteiger partial charge >= 0.3 is 0 Å². The normalized spacial score (nSPS) is 9.50. The number of anilines is 1. The molecular weight excluding hydrogens is 178 g/mol. The van der Waals surface area contributed by atoms with Crippen LogP contribution in [-0.2, 0) is 4.79 Å². The Balaban J connectivity index is 2.69. The first-order valence-electron chi connectivity index (χ1n) is 3.49. The number of carbonyl (C=O) groups excluding carboxylic acids is 1. The third-order valence-electron chi connectivity index (χ3n) is 1.22. The van der Waals surface area contributed by atoms with Crippen molar-refractivity contribution in [1.29, 1.82) is 0 Å². The maximum Gasteiger partial charge on any atom is 0.225 e. The molecule has 1 N–H and O–H groups in total. The van der Waals surface area contributed by atoms with Crippen LogP contribution in [0.4, 0.5) is 5.82 Å². The standard InChI is InChI=1S/C7H8ClN3O/c1-2-7(12)11-6-3-5(8)9-4-10-6/h3-4H,2H2,1H3,(H,9,10,11,12). The van der Waals surface area contributed by atoms with E-state index in [0.717, 1.165) is 0 Å². The highest BCUT2D eigenvalue weighted by Gasteiger charge is 1.99. The van der Waals surface area contributed by atoms with Gasteiger partial charge in [0.05, 0.1) is 0 Å². The summed E-state index contributed by atoms with van der Waals surface area (Å²) in [4.78, 5) is 18.4. The van der Waals surface area contributed by atoms with Gasteiger partial charge < -0.3 is 5.32 Å². The summed E-state index contributed by atoms with van der Waals surface area (Å²) < 4.78 is 0. The minimum Gasteiger partial charge on any atom is -0.311 e. The van der Waals surface area contributed by atoms with Crippen LogP contribution < -0.4 is 5.32 Å². The molecule has 0 fully saturated rings. The first kappa shape index (κ1) is 8.93. The van der Waals surface area contributed by atoms with Crippen molar-refractivity contribution in [3.63, 3.8) is 0 Å². The van der Waals surface area contributed by atoms with Gasteiger partial charge in [-0.15, -0.1) is 0 Å². The van der Waals surface area contributed by atoms with Crippen LogP contribution in [0.5, 0.6) is 0 Å². The quantitative estimate of drug-likeness (QED) is 0.711. The molecule has 0 spiro atoms. The number of carbonyl (C=O) groups is 1. The van der Waals surface area contributed by atoms with Gasteiger partial charge in [0.15, 0.2) is 0 Å². The molecule has 0 unspecified atom stereocenters. The Morgan fingerprint density at radius 3 is 3.00 bits per heavy atom. The predicted octanol–water partition coefficient (Wildman–Crippen LogP) is 1.48. The van der Waals surface area contributed by atoms with Crippen molar-refractivity contribution in [1.82, 2.24) is 9.97 Å². The molecule has 0 aromatic carbocycles. The monoisotopic (exact) mass is 185 g/mol. The predicted molar refractivity (Wildman–Crippen MR) is 46.0 cm³/mol. The van der Waals surface area contributed by atoms with E-state index in [4.69, 9.17) is 11.6 Å². The lowest BCUT2D eigenvalue weighted by atomic mass is 10.4. The zero-order valence-corrected chi connectivity index (χ0v) is 7.30. The van der Waals surface area contributed by atoms with E-state index in [-0.39, 0.29) is 5.91 Å². The Morgan fingerprint density at radius 2 is 2.42 bits per heavy atom. The van der Waals surface area contributed by atoms with E-state index < -0.39 is 0 Å². The molecule has 0 saturated heterocycles. The van der Waals surface area contributed by atoms with Crippen LogP contribution in [0.2, 0.25) is 5.15 Å². The highest BCUT2D eigenvalue weighted by molar-refractivity contribution is 6.29. The fraction of sp³-hybridized carbons (Fsp3) is 0.286. The van der Waals surface area contributed by atoms with Crippen molar-refractivity contribution >= 4 is 23.3 Å². The van der Waals surface area contributed by atoms with Crippen LogP contribution in [0.1, 0.15) is 13.3 Å². The molecule has 0 saturated carbocycles. The fourth-order valence-electron chi connectivity index (χ4n) is 0.633. The third kappa shape index (κ3) is 2.47. The summed E-state index contributed by atoms with van der Waals surface area (Å²) >= 11 is 5.57. The fourth-order valence-corrected chi connectivity index (χ4v) is 0.780. The Kier molecular flexibility index (Phi) is 2.99. The van der Waals surface area contributed by atoms with Crippen molar-refractivity contribution < 1.29 is 4.79 Å². The summed E-state index contributed by atoms with van der Waals surface area (Å²) in [6.07, 6.45) is 1.72. The highest BCUT2D eigenvalue weighted by atomic mass is 35.5. The second-order valence-corrected chi connectivity index (χ2v) is 2.51.